The van der Waals surface area contributed by atoms with Gasteiger partial charge in [0.2, 0.25) is 5.91 Å². The summed E-state index contributed by atoms with van der Waals surface area (Å²) in [7, 11) is 0. The van der Waals surface area contributed by atoms with Crippen LogP contribution in [0.15, 0.2) is 0 Å². The summed E-state index contributed by atoms with van der Waals surface area (Å²) in [6, 6.07) is 0. The SMILES string of the molecule is CC(C)C(=O)CC1CCN(C(=O)C2CCCC2)CC1. The molecule has 0 aromatic carbocycles. The van der Waals surface area contributed by atoms with E-state index in [0.29, 0.717) is 29.9 Å². The van der Waals surface area contributed by atoms with Gasteiger partial charge < -0.3 is 4.90 Å². The zero-order valence-corrected chi connectivity index (χ0v) is 12.4. The third kappa shape index (κ3) is 3.80. The second-order valence-electron chi connectivity index (χ2n) is 6.58. The van der Waals surface area contributed by atoms with Crippen LogP contribution in [-0.4, -0.2) is 29.7 Å². The molecule has 0 bridgehead atoms. The van der Waals surface area contributed by atoms with Crippen LogP contribution in [0, 0.1) is 17.8 Å². The first-order chi connectivity index (χ1) is 9.08. The van der Waals surface area contributed by atoms with Crippen LogP contribution >= 0.6 is 0 Å². The molecular weight excluding hydrogens is 238 g/mol. The maximum atomic E-state index is 12.3. The second-order valence-corrected chi connectivity index (χ2v) is 6.58. The molecule has 2 aliphatic rings. The summed E-state index contributed by atoms with van der Waals surface area (Å²) in [5.41, 5.74) is 0. The van der Waals surface area contributed by atoms with Crippen molar-refractivity contribution in [2.75, 3.05) is 13.1 Å². The van der Waals surface area contributed by atoms with E-state index >= 15 is 0 Å². The normalized spacial score (nSPS) is 22.2. The number of Topliss-reactive ketones (excluding diaryl/α,β-unsaturated/α-hetero) is 1. The number of likely N-dealkylation sites (tertiary alicyclic amines) is 1. The molecule has 0 unspecified atom stereocenters. The summed E-state index contributed by atoms with van der Waals surface area (Å²) < 4.78 is 0. The molecule has 19 heavy (non-hydrogen) atoms. The van der Waals surface area contributed by atoms with Crippen molar-refractivity contribution in [1.82, 2.24) is 4.90 Å². The van der Waals surface area contributed by atoms with E-state index in [0.717, 1.165) is 38.8 Å². The Morgan fingerprint density at radius 2 is 1.63 bits per heavy atom. The van der Waals surface area contributed by atoms with Crippen LogP contribution in [0.3, 0.4) is 0 Å². The summed E-state index contributed by atoms with van der Waals surface area (Å²) >= 11 is 0. The smallest absolute Gasteiger partial charge is 0.225 e. The van der Waals surface area contributed by atoms with Gasteiger partial charge >= 0.3 is 0 Å². The lowest BCUT2D eigenvalue weighted by Gasteiger charge is -2.33. The highest BCUT2D eigenvalue weighted by atomic mass is 16.2. The fourth-order valence-corrected chi connectivity index (χ4v) is 3.31. The highest BCUT2D eigenvalue weighted by Gasteiger charge is 2.30. The number of piperidine rings is 1. The van der Waals surface area contributed by atoms with E-state index in [1.54, 1.807) is 0 Å². The van der Waals surface area contributed by atoms with Crippen molar-refractivity contribution < 1.29 is 9.59 Å². The third-order valence-corrected chi connectivity index (χ3v) is 4.76. The number of ketones is 1. The number of nitrogens with zero attached hydrogens (tertiary/aromatic N) is 1. The summed E-state index contributed by atoms with van der Waals surface area (Å²) in [6.45, 7) is 5.68. The molecule has 2 rings (SSSR count). The first kappa shape index (κ1) is 14.5. The zero-order chi connectivity index (χ0) is 13.8. The van der Waals surface area contributed by atoms with Gasteiger partial charge in [-0.25, -0.2) is 0 Å². The number of hydrogen-bond donors (Lipinski definition) is 0. The van der Waals surface area contributed by atoms with Crippen LogP contribution < -0.4 is 0 Å². The molecule has 0 atom stereocenters. The molecule has 3 heteroatoms. The third-order valence-electron chi connectivity index (χ3n) is 4.76. The van der Waals surface area contributed by atoms with Gasteiger partial charge in [0.05, 0.1) is 0 Å². The van der Waals surface area contributed by atoms with Gasteiger partial charge in [0, 0.05) is 31.3 Å². The molecule has 1 aliphatic carbocycles. The van der Waals surface area contributed by atoms with Gasteiger partial charge in [0.1, 0.15) is 5.78 Å². The van der Waals surface area contributed by atoms with Gasteiger partial charge in [-0.3, -0.25) is 9.59 Å². The standard InChI is InChI=1S/C16H27NO2/c1-12(2)15(18)11-13-7-9-17(10-8-13)16(19)14-5-3-4-6-14/h12-14H,3-11H2,1-2H3. The van der Waals surface area contributed by atoms with Crippen LogP contribution in [-0.2, 0) is 9.59 Å². The van der Waals surface area contributed by atoms with E-state index in [9.17, 15) is 9.59 Å². The van der Waals surface area contributed by atoms with E-state index in [2.05, 4.69) is 0 Å². The fraction of sp³-hybridized carbons (Fsp3) is 0.875. The van der Waals surface area contributed by atoms with Crippen LogP contribution in [0.25, 0.3) is 0 Å². The zero-order valence-electron chi connectivity index (χ0n) is 12.4. The van der Waals surface area contributed by atoms with E-state index in [1.165, 1.54) is 12.8 Å². The van der Waals surface area contributed by atoms with Crippen molar-refractivity contribution in [2.24, 2.45) is 17.8 Å². The molecule has 0 aromatic rings. The Hall–Kier alpha value is -0.860. The minimum absolute atomic E-state index is 0.151. The largest absolute Gasteiger partial charge is 0.342 e. The predicted molar refractivity (Wildman–Crippen MR) is 75.7 cm³/mol. The Bertz CT molecular complexity index is 324. The molecule has 2 fully saturated rings. The number of carbonyl (C=O) groups excluding carboxylic acids is 2. The number of amides is 1. The fourth-order valence-electron chi connectivity index (χ4n) is 3.31. The Labute approximate surface area is 116 Å². The van der Waals surface area contributed by atoms with Crippen molar-refractivity contribution in [3.8, 4) is 0 Å². The number of carbonyl (C=O) groups is 2. The van der Waals surface area contributed by atoms with Gasteiger partial charge in [-0.05, 0) is 31.6 Å². The van der Waals surface area contributed by atoms with E-state index in [-0.39, 0.29) is 5.92 Å². The van der Waals surface area contributed by atoms with Gasteiger partial charge in [-0.15, -0.1) is 0 Å². The second kappa shape index (κ2) is 6.53. The van der Waals surface area contributed by atoms with Crippen molar-refractivity contribution in [3.63, 3.8) is 0 Å². The average molecular weight is 265 g/mol. The van der Waals surface area contributed by atoms with Crippen molar-refractivity contribution in [3.05, 3.63) is 0 Å². The lowest BCUT2D eigenvalue weighted by molar-refractivity contribution is -0.136. The lowest BCUT2D eigenvalue weighted by Crippen LogP contribution is -2.41. The van der Waals surface area contributed by atoms with Gasteiger partial charge in [-0.1, -0.05) is 26.7 Å². The van der Waals surface area contributed by atoms with Gasteiger partial charge in [0.15, 0.2) is 0 Å². The van der Waals surface area contributed by atoms with Gasteiger partial charge in [0.25, 0.3) is 0 Å². The average Bonchev–Trinajstić information content (AvgIpc) is 2.92. The summed E-state index contributed by atoms with van der Waals surface area (Å²) in [6.07, 6.45) is 7.34. The maximum Gasteiger partial charge on any atom is 0.225 e. The van der Waals surface area contributed by atoms with Crippen molar-refractivity contribution in [2.45, 2.75) is 58.8 Å². The summed E-state index contributed by atoms with van der Waals surface area (Å²) in [4.78, 5) is 26.1. The van der Waals surface area contributed by atoms with Gasteiger partial charge in [-0.2, -0.15) is 0 Å². The van der Waals surface area contributed by atoms with Crippen molar-refractivity contribution in [1.29, 1.82) is 0 Å². The topological polar surface area (TPSA) is 37.4 Å². The molecule has 1 saturated carbocycles. The molecular formula is C16H27NO2. The molecule has 0 N–H and O–H groups in total. The van der Waals surface area contributed by atoms with Crippen molar-refractivity contribution >= 4 is 11.7 Å². The molecule has 3 nitrogen and oxygen atoms in total. The molecule has 0 radical (unpaired) electrons. The lowest BCUT2D eigenvalue weighted by atomic mass is 9.88. The molecule has 1 saturated heterocycles. The quantitative estimate of drug-likeness (QED) is 0.783. The van der Waals surface area contributed by atoms with E-state index in [1.807, 2.05) is 18.7 Å². The van der Waals surface area contributed by atoms with E-state index < -0.39 is 0 Å². The highest BCUT2D eigenvalue weighted by molar-refractivity contribution is 5.81. The number of rotatable bonds is 4. The monoisotopic (exact) mass is 265 g/mol. The molecule has 0 aromatic heterocycles. The first-order valence-electron chi connectivity index (χ1n) is 7.89. The maximum absolute atomic E-state index is 12.3. The van der Waals surface area contributed by atoms with Crippen LogP contribution in [0.1, 0.15) is 58.8 Å². The Morgan fingerprint density at radius 3 is 2.16 bits per heavy atom. The van der Waals surface area contributed by atoms with Crippen LogP contribution in [0.4, 0.5) is 0 Å². The summed E-state index contributed by atoms with van der Waals surface area (Å²) in [5.74, 6) is 1.71. The Balaban J connectivity index is 1.75. The molecule has 1 heterocycles. The minimum atomic E-state index is 0.151. The Kier molecular flexibility index (Phi) is 5.00. The molecule has 1 aliphatic heterocycles. The highest BCUT2D eigenvalue weighted by Crippen LogP contribution is 2.29. The predicted octanol–water partition coefficient (Wildman–Crippen LogP) is 3.03. The van der Waals surface area contributed by atoms with Crippen LogP contribution in [0.5, 0.6) is 0 Å². The first-order valence-corrected chi connectivity index (χ1v) is 7.89. The number of hydrogen-bond acceptors (Lipinski definition) is 2. The molecule has 108 valence electrons. The minimum Gasteiger partial charge on any atom is -0.342 e. The van der Waals surface area contributed by atoms with E-state index in [4.69, 9.17) is 0 Å². The summed E-state index contributed by atoms with van der Waals surface area (Å²) in [5, 5.41) is 0. The molecule has 0 spiro atoms. The molecule has 1 amide bonds. The van der Waals surface area contributed by atoms with Crippen LogP contribution in [0.2, 0.25) is 0 Å². The Morgan fingerprint density at radius 1 is 1.05 bits per heavy atom.